The van der Waals surface area contributed by atoms with Gasteiger partial charge in [-0.15, -0.1) is 0 Å². The number of nitrogens with zero attached hydrogens (tertiary/aromatic N) is 1. The van der Waals surface area contributed by atoms with Gasteiger partial charge in [0.2, 0.25) is 11.8 Å². The average Bonchev–Trinajstić information content (AvgIpc) is 2.61. The molecule has 136 valence electrons. The quantitative estimate of drug-likeness (QED) is 0.782. The van der Waals surface area contributed by atoms with Crippen LogP contribution in [0.4, 0.5) is 11.4 Å². The number of nitrogens with one attached hydrogen (secondary N) is 1. The molecule has 2 aromatic carbocycles. The Balaban J connectivity index is 2.17. The van der Waals surface area contributed by atoms with E-state index in [0.717, 1.165) is 0 Å². The highest BCUT2D eigenvalue weighted by Crippen LogP contribution is 2.29. The zero-order valence-electron chi connectivity index (χ0n) is 14.1. The van der Waals surface area contributed by atoms with Crippen LogP contribution in [0.3, 0.4) is 0 Å². The number of halogens is 2. The molecule has 0 aliphatic rings. The van der Waals surface area contributed by atoms with Crippen LogP contribution in [-0.4, -0.2) is 31.4 Å². The van der Waals surface area contributed by atoms with Gasteiger partial charge in [-0.25, -0.2) is 4.79 Å². The van der Waals surface area contributed by atoms with Crippen molar-refractivity contribution in [2.45, 2.75) is 6.92 Å². The molecular weight excluding hydrogens is 379 g/mol. The van der Waals surface area contributed by atoms with Crippen LogP contribution in [0.15, 0.2) is 42.5 Å². The lowest BCUT2D eigenvalue weighted by molar-refractivity contribution is -0.120. The molecule has 0 aliphatic carbocycles. The number of carbonyl (C=O) groups is 3. The molecular formula is C18H16Cl2N2O4. The number of methoxy groups -OCH3 is 1. The Labute approximate surface area is 160 Å². The summed E-state index contributed by atoms with van der Waals surface area (Å²) in [6, 6.07) is 10.9. The van der Waals surface area contributed by atoms with Gasteiger partial charge in [0, 0.05) is 17.6 Å². The Morgan fingerprint density at radius 1 is 1.12 bits per heavy atom. The number of anilines is 2. The Morgan fingerprint density at radius 2 is 1.85 bits per heavy atom. The molecule has 2 rings (SSSR count). The topological polar surface area (TPSA) is 75.7 Å². The van der Waals surface area contributed by atoms with Crippen LogP contribution in [0.25, 0.3) is 0 Å². The van der Waals surface area contributed by atoms with Gasteiger partial charge in [0.15, 0.2) is 0 Å². The lowest BCUT2D eigenvalue weighted by Gasteiger charge is -2.22. The van der Waals surface area contributed by atoms with E-state index in [4.69, 9.17) is 23.2 Å². The van der Waals surface area contributed by atoms with Gasteiger partial charge in [0.1, 0.15) is 6.54 Å². The fourth-order valence-corrected chi connectivity index (χ4v) is 2.63. The van der Waals surface area contributed by atoms with Crippen LogP contribution in [0, 0.1) is 0 Å². The monoisotopic (exact) mass is 394 g/mol. The third-order valence-corrected chi connectivity index (χ3v) is 4.00. The van der Waals surface area contributed by atoms with Crippen molar-refractivity contribution in [3.8, 4) is 0 Å². The van der Waals surface area contributed by atoms with Crippen molar-refractivity contribution in [3.05, 3.63) is 58.1 Å². The van der Waals surface area contributed by atoms with E-state index in [2.05, 4.69) is 10.1 Å². The predicted molar refractivity (Wildman–Crippen MR) is 101 cm³/mol. The number of ether oxygens (including phenoxy) is 1. The van der Waals surface area contributed by atoms with Gasteiger partial charge in [-0.05, 0) is 36.4 Å². The van der Waals surface area contributed by atoms with Crippen molar-refractivity contribution in [1.29, 1.82) is 0 Å². The molecule has 0 saturated carbocycles. The summed E-state index contributed by atoms with van der Waals surface area (Å²) in [7, 11) is 1.27. The molecule has 2 aromatic rings. The molecule has 8 heteroatoms. The molecule has 26 heavy (non-hydrogen) atoms. The SMILES string of the molecule is COC(=O)c1cccc(NC(=O)CN(C(C)=O)c2cc(Cl)ccc2Cl)c1. The third kappa shape index (κ3) is 4.97. The number of rotatable bonds is 5. The van der Waals surface area contributed by atoms with E-state index in [1.54, 1.807) is 30.3 Å². The fraction of sp³-hybridized carbons (Fsp3) is 0.167. The summed E-state index contributed by atoms with van der Waals surface area (Å²) in [5.41, 5.74) is 1.04. The maximum absolute atomic E-state index is 12.4. The van der Waals surface area contributed by atoms with Crippen LogP contribution in [0.5, 0.6) is 0 Å². The minimum Gasteiger partial charge on any atom is -0.465 e. The Bertz CT molecular complexity index is 855. The van der Waals surface area contributed by atoms with E-state index in [-0.39, 0.29) is 12.5 Å². The summed E-state index contributed by atoms with van der Waals surface area (Å²) in [5.74, 6) is -1.34. The number of esters is 1. The standard InChI is InChI=1S/C18H16Cl2N2O4/c1-11(23)22(16-9-13(19)6-7-15(16)20)10-17(24)21-14-5-3-4-12(8-14)18(25)26-2/h3-9H,10H2,1-2H3,(H,21,24). The van der Waals surface area contributed by atoms with Gasteiger partial charge in [-0.2, -0.15) is 0 Å². The van der Waals surface area contributed by atoms with Crippen molar-refractivity contribution >= 4 is 52.4 Å². The number of hydrogen-bond donors (Lipinski definition) is 1. The molecule has 0 unspecified atom stereocenters. The molecule has 0 spiro atoms. The van der Waals surface area contributed by atoms with E-state index in [9.17, 15) is 14.4 Å². The summed E-state index contributed by atoms with van der Waals surface area (Å²) in [6.07, 6.45) is 0. The highest BCUT2D eigenvalue weighted by atomic mass is 35.5. The Kier molecular flexibility index (Phi) is 6.60. The van der Waals surface area contributed by atoms with E-state index < -0.39 is 11.9 Å². The van der Waals surface area contributed by atoms with Crippen molar-refractivity contribution in [2.75, 3.05) is 23.9 Å². The van der Waals surface area contributed by atoms with Gasteiger partial charge in [0.05, 0.1) is 23.4 Å². The van der Waals surface area contributed by atoms with Gasteiger partial charge >= 0.3 is 5.97 Å². The Hall–Kier alpha value is -2.57. The van der Waals surface area contributed by atoms with Crippen LogP contribution >= 0.6 is 23.2 Å². The number of benzene rings is 2. The minimum atomic E-state index is -0.517. The third-order valence-electron chi connectivity index (χ3n) is 3.45. The molecule has 0 atom stereocenters. The molecule has 0 bridgehead atoms. The van der Waals surface area contributed by atoms with Crippen molar-refractivity contribution in [2.24, 2.45) is 0 Å². The predicted octanol–water partition coefficient (Wildman–Crippen LogP) is 3.77. The van der Waals surface area contributed by atoms with Crippen LogP contribution in [0.2, 0.25) is 10.0 Å². The summed E-state index contributed by atoms with van der Waals surface area (Å²) in [5, 5.41) is 3.32. The number of carbonyl (C=O) groups excluding carboxylic acids is 3. The average molecular weight is 395 g/mol. The summed E-state index contributed by atoms with van der Waals surface area (Å²) < 4.78 is 4.64. The maximum atomic E-state index is 12.4. The van der Waals surface area contributed by atoms with Gasteiger partial charge < -0.3 is 15.0 Å². The number of amides is 2. The number of hydrogen-bond acceptors (Lipinski definition) is 4. The first-order valence-corrected chi connectivity index (χ1v) is 8.29. The van der Waals surface area contributed by atoms with E-state index in [1.807, 2.05) is 0 Å². The van der Waals surface area contributed by atoms with Gasteiger partial charge in [-0.3, -0.25) is 9.59 Å². The van der Waals surface area contributed by atoms with Gasteiger partial charge in [-0.1, -0.05) is 29.3 Å². The first-order chi connectivity index (χ1) is 12.3. The molecule has 0 heterocycles. The first-order valence-electron chi connectivity index (χ1n) is 7.53. The molecule has 6 nitrogen and oxygen atoms in total. The molecule has 0 saturated heterocycles. The second-order valence-electron chi connectivity index (χ2n) is 5.32. The molecule has 0 radical (unpaired) electrons. The lowest BCUT2D eigenvalue weighted by Crippen LogP contribution is -2.36. The summed E-state index contributed by atoms with van der Waals surface area (Å²) >= 11 is 12.1. The molecule has 1 N–H and O–H groups in total. The smallest absolute Gasteiger partial charge is 0.337 e. The molecule has 2 amide bonds. The maximum Gasteiger partial charge on any atom is 0.337 e. The lowest BCUT2D eigenvalue weighted by atomic mass is 10.2. The zero-order chi connectivity index (χ0) is 19.3. The van der Waals surface area contributed by atoms with Crippen LogP contribution < -0.4 is 10.2 Å². The highest BCUT2D eigenvalue weighted by Gasteiger charge is 2.19. The minimum absolute atomic E-state index is 0.266. The van der Waals surface area contributed by atoms with Crippen molar-refractivity contribution in [3.63, 3.8) is 0 Å². The first kappa shape index (κ1) is 19.8. The summed E-state index contributed by atoms with van der Waals surface area (Å²) in [6.45, 7) is 1.06. The van der Waals surface area contributed by atoms with Crippen LogP contribution in [0.1, 0.15) is 17.3 Å². The van der Waals surface area contributed by atoms with Crippen molar-refractivity contribution < 1.29 is 19.1 Å². The van der Waals surface area contributed by atoms with E-state index in [0.29, 0.717) is 27.0 Å². The highest BCUT2D eigenvalue weighted by molar-refractivity contribution is 6.36. The van der Waals surface area contributed by atoms with E-state index >= 15 is 0 Å². The fourth-order valence-electron chi connectivity index (χ4n) is 2.24. The van der Waals surface area contributed by atoms with Gasteiger partial charge in [0.25, 0.3) is 0 Å². The molecule has 0 aliphatic heterocycles. The second kappa shape index (κ2) is 8.69. The second-order valence-corrected chi connectivity index (χ2v) is 6.17. The zero-order valence-corrected chi connectivity index (χ0v) is 15.6. The van der Waals surface area contributed by atoms with Crippen LogP contribution in [-0.2, 0) is 14.3 Å². The summed E-state index contributed by atoms with van der Waals surface area (Å²) in [4.78, 5) is 37.1. The normalized spacial score (nSPS) is 10.2. The van der Waals surface area contributed by atoms with E-state index in [1.165, 1.54) is 31.1 Å². The Morgan fingerprint density at radius 3 is 2.50 bits per heavy atom. The molecule has 0 fully saturated rings. The largest absolute Gasteiger partial charge is 0.465 e. The molecule has 0 aromatic heterocycles. The van der Waals surface area contributed by atoms with Crippen molar-refractivity contribution in [1.82, 2.24) is 0 Å².